The zero-order valence-electron chi connectivity index (χ0n) is 14.6. The van der Waals surface area contributed by atoms with Crippen LogP contribution in [0.25, 0.3) is 0 Å². The van der Waals surface area contributed by atoms with Gasteiger partial charge in [0, 0.05) is 37.6 Å². The summed E-state index contributed by atoms with van der Waals surface area (Å²) < 4.78 is 28.6. The smallest absolute Gasteiger partial charge is 0.274 e. The lowest BCUT2D eigenvalue weighted by atomic mass is 10.2. The summed E-state index contributed by atoms with van der Waals surface area (Å²) in [7, 11) is -1.87. The van der Waals surface area contributed by atoms with Crippen LogP contribution in [0.4, 0.5) is 5.13 Å². The number of thiazole rings is 1. The molecule has 0 radical (unpaired) electrons. The molecule has 7 nitrogen and oxygen atoms in total. The van der Waals surface area contributed by atoms with E-state index in [0.717, 1.165) is 37.8 Å². The monoisotopic (exact) mass is 394 g/mol. The highest BCUT2D eigenvalue weighted by Gasteiger charge is 2.29. The van der Waals surface area contributed by atoms with Gasteiger partial charge in [-0.15, -0.1) is 11.3 Å². The fourth-order valence-corrected chi connectivity index (χ4v) is 5.60. The topological polar surface area (TPSA) is 84.3 Å². The largest absolute Gasteiger partial charge is 0.345 e. The standard InChI is InChI=1S/C17H22N4O3S2/c1-20-10-13(26(23,24)21-7-3-2-4-8-21)9-15(20)16(22)19-17-18-14(11-25-17)12-5-6-12/h9-12H,2-8H2,1H3,(H,18,19,22). The van der Waals surface area contributed by atoms with Crippen LogP contribution in [0, 0.1) is 0 Å². The van der Waals surface area contributed by atoms with Crippen LogP contribution in [0.15, 0.2) is 22.5 Å². The maximum absolute atomic E-state index is 12.8. The van der Waals surface area contributed by atoms with Gasteiger partial charge in [-0.3, -0.25) is 10.1 Å². The first-order valence-corrected chi connectivity index (χ1v) is 11.2. The van der Waals surface area contributed by atoms with Crippen LogP contribution < -0.4 is 5.32 Å². The summed E-state index contributed by atoms with van der Waals surface area (Å²) >= 11 is 1.40. The molecule has 140 valence electrons. The van der Waals surface area contributed by atoms with Gasteiger partial charge in [-0.25, -0.2) is 13.4 Å². The highest BCUT2D eigenvalue weighted by molar-refractivity contribution is 7.89. The Balaban J connectivity index is 1.52. The van der Waals surface area contributed by atoms with E-state index in [1.165, 1.54) is 27.9 Å². The number of aryl methyl sites for hydroxylation is 1. The van der Waals surface area contributed by atoms with Gasteiger partial charge in [0.25, 0.3) is 5.91 Å². The van der Waals surface area contributed by atoms with Gasteiger partial charge in [-0.1, -0.05) is 6.42 Å². The number of anilines is 1. The second-order valence-corrected chi connectivity index (χ2v) is 9.74. The molecule has 4 rings (SSSR count). The number of carbonyl (C=O) groups excluding carboxylic acids is 1. The Morgan fingerprint density at radius 1 is 1.27 bits per heavy atom. The Hall–Kier alpha value is -1.71. The number of nitrogens with zero attached hydrogens (tertiary/aromatic N) is 3. The maximum atomic E-state index is 12.8. The summed E-state index contributed by atoms with van der Waals surface area (Å²) in [4.78, 5) is 17.2. The van der Waals surface area contributed by atoms with E-state index in [0.29, 0.717) is 29.8 Å². The molecule has 1 amide bonds. The number of sulfonamides is 1. The molecular weight excluding hydrogens is 372 g/mol. The van der Waals surface area contributed by atoms with Crippen LogP contribution in [0.3, 0.4) is 0 Å². The number of hydrogen-bond acceptors (Lipinski definition) is 5. The zero-order chi connectivity index (χ0) is 18.3. The Morgan fingerprint density at radius 3 is 2.69 bits per heavy atom. The normalized spacial score (nSPS) is 18.8. The summed E-state index contributed by atoms with van der Waals surface area (Å²) in [6.45, 7) is 1.09. The predicted octanol–water partition coefficient (Wildman–Crippen LogP) is 2.79. The highest BCUT2D eigenvalue weighted by Crippen LogP contribution is 2.40. The van der Waals surface area contributed by atoms with Crippen molar-refractivity contribution in [1.82, 2.24) is 13.9 Å². The average Bonchev–Trinajstić information content (AvgIpc) is 3.25. The number of piperidine rings is 1. The van der Waals surface area contributed by atoms with Crippen molar-refractivity contribution in [1.29, 1.82) is 0 Å². The number of rotatable bonds is 5. The molecule has 2 aromatic heterocycles. The van der Waals surface area contributed by atoms with Crippen LogP contribution in [0.2, 0.25) is 0 Å². The lowest BCUT2D eigenvalue weighted by Gasteiger charge is -2.25. The summed E-state index contributed by atoms with van der Waals surface area (Å²) in [6.07, 6.45) is 6.65. The van der Waals surface area contributed by atoms with Crippen LogP contribution >= 0.6 is 11.3 Å². The predicted molar refractivity (Wildman–Crippen MR) is 100 cm³/mol. The Labute approximate surface area is 157 Å². The number of aromatic nitrogens is 2. The molecule has 1 aliphatic carbocycles. The SMILES string of the molecule is Cn1cc(S(=O)(=O)N2CCCCC2)cc1C(=O)Nc1nc(C2CC2)cs1. The van der Waals surface area contributed by atoms with Gasteiger partial charge in [0.05, 0.1) is 5.69 Å². The van der Waals surface area contributed by atoms with Crippen LogP contribution in [-0.2, 0) is 17.1 Å². The second-order valence-electron chi connectivity index (χ2n) is 6.94. The van der Waals surface area contributed by atoms with Crippen LogP contribution in [-0.4, -0.2) is 41.3 Å². The number of carbonyl (C=O) groups is 1. The molecule has 1 aliphatic heterocycles. The van der Waals surface area contributed by atoms with Crippen molar-refractivity contribution in [3.63, 3.8) is 0 Å². The molecule has 0 spiro atoms. The van der Waals surface area contributed by atoms with Crippen molar-refractivity contribution in [3.8, 4) is 0 Å². The summed E-state index contributed by atoms with van der Waals surface area (Å²) in [6, 6.07) is 1.45. The van der Waals surface area contributed by atoms with Crippen LogP contribution in [0.5, 0.6) is 0 Å². The molecule has 0 aromatic carbocycles. The molecule has 2 aliphatic rings. The highest BCUT2D eigenvalue weighted by atomic mass is 32.2. The second kappa shape index (κ2) is 6.79. The van der Waals surface area contributed by atoms with Crippen molar-refractivity contribution in [2.24, 2.45) is 7.05 Å². The van der Waals surface area contributed by atoms with Crippen molar-refractivity contribution >= 4 is 32.4 Å². The molecule has 9 heteroatoms. The third-order valence-electron chi connectivity index (χ3n) is 4.90. The zero-order valence-corrected chi connectivity index (χ0v) is 16.3. The molecule has 3 heterocycles. The van der Waals surface area contributed by atoms with Gasteiger partial charge in [-0.05, 0) is 31.7 Å². The average molecular weight is 395 g/mol. The van der Waals surface area contributed by atoms with E-state index >= 15 is 0 Å². The Morgan fingerprint density at radius 2 is 2.00 bits per heavy atom. The minimum atomic E-state index is -3.55. The van der Waals surface area contributed by atoms with E-state index in [1.807, 2.05) is 5.38 Å². The van der Waals surface area contributed by atoms with Crippen molar-refractivity contribution < 1.29 is 13.2 Å². The van der Waals surface area contributed by atoms with Gasteiger partial charge >= 0.3 is 0 Å². The molecule has 0 unspecified atom stereocenters. The first-order chi connectivity index (χ1) is 12.4. The number of hydrogen-bond donors (Lipinski definition) is 1. The van der Waals surface area contributed by atoms with Gasteiger partial charge in [0.1, 0.15) is 10.6 Å². The third kappa shape index (κ3) is 3.43. The minimum absolute atomic E-state index is 0.171. The minimum Gasteiger partial charge on any atom is -0.345 e. The molecule has 0 bridgehead atoms. The molecule has 2 aromatic rings. The Bertz CT molecular complexity index is 922. The third-order valence-corrected chi connectivity index (χ3v) is 7.54. The van der Waals surface area contributed by atoms with Crippen molar-refractivity contribution in [2.75, 3.05) is 18.4 Å². The summed E-state index contributed by atoms with van der Waals surface area (Å²) in [5, 5.41) is 5.32. The molecule has 1 saturated heterocycles. The molecular formula is C17H22N4O3S2. The number of nitrogens with one attached hydrogen (secondary N) is 1. The Kier molecular flexibility index (Phi) is 4.62. The van der Waals surface area contributed by atoms with E-state index in [4.69, 9.17) is 0 Å². The lowest BCUT2D eigenvalue weighted by molar-refractivity contribution is 0.101. The van der Waals surface area contributed by atoms with Gasteiger partial charge < -0.3 is 4.57 Å². The van der Waals surface area contributed by atoms with E-state index < -0.39 is 10.0 Å². The van der Waals surface area contributed by atoms with Crippen molar-refractivity contribution in [3.05, 3.63) is 29.0 Å². The molecule has 26 heavy (non-hydrogen) atoms. The molecule has 1 saturated carbocycles. The molecule has 2 fully saturated rings. The molecule has 0 atom stereocenters. The fraction of sp³-hybridized carbons (Fsp3) is 0.529. The van der Waals surface area contributed by atoms with Gasteiger partial charge in [0.2, 0.25) is 10.0 Å². The molecule has 1 N–H and O–H groups in total. The maximum Gasteiger partial charge on any atom is 0.274 e. The first kappa shape index (κ1) is 17.7. The number of amides is 1. The quantitative estimate of drug-likeness (QED) is 0.845. The van der Waals surface area contributed by atoms with Gasteiger partial charge in [-0.2, -0.15) is 4.31 Å². The van der Waals surface area contributed by atoms with E-state index in [1.54, 1.807) is 11.6 Å². The van der Waals surface area contributed by atoms with E-state index in [2.05, 4.69) is 10.3 Å². The fourth-order valence-electron chi connectivity index (χ4n) is 3.23. The van der Waals surface area contributed by atoms with E-state index in [9.17, 15) is 13.2 Å². The van der Waals surface area contributed by atoms with Crippen LogP contribution in [0.1, 0.15) is 54.2 Å². The summed E-state index contributed by atoms with van der Waals surface area (Å²) in [5.41, 5.74) is 1.34. The van der Waals surface area contributed by atoms with E-state index in [-0.39, 0.29) is 10.8 Å². The summed E-state index contributed by atoms with van der Waals surface area (Å²) in [5.74, 6) is 0.192. The lowest BCUT2D eigenvalue weighted by Crippen LogP contribution is -2.35. The first-order valence-electron chi connectivity index (χ1n) is 8.88. The van der Waals surface area contributed by atoms with Crippen molar-refractivity contribution in [2.45, 2.75) is 42.9 Å². The van der Waals surface area contributed by atoms with Gasteiger partial charge in [0.15, 0.2) is 5.13 Å².